The van der Waals surface area contributed by atoms with Gasteiger partial charge < -0.3 is 18.8 Å². The lowest BCUT2D eigenvalue weighted by molar-refractivity contribution is -0.146. The van der Waals surface area contributed by atoms with Gasteiger partial charge in [0.1, 0.15) is 6.26 Å². The van der Waals surface area contributed by atoms with E-state index in [-0.39, 0.29) is 17.4 Å². The van der Waals surface area contributed by atoms with E-state index in [0.717, 1.165) is 32.4 Å². The molecule has 2 aliphatic heterocycles. The van der Waals surface area contributed by atoms with Crippen molar-refractivity contribution in [1.82, 2.24) is 4.90 Å². The Morgan fingerprint density at radius 3 is 3.24 bits per heavy atom. The van der Waals surface area contributed by atoms with Gasteiger partial charge in [0, 0.05) is 31.7 Å². The molecule has 5 heteroatoms. The fraction of sp³-hybridized carbons (Fsp3) is 0.688. The fourth-order valence-corrected chi connectivity index (χ4v) is 3.55. The molecule has 0 saturated carbocycles. The number of ether oxygens (including phenoxy) is 2. The van der Waals surface area contributed by atoms with E-state index in [2.05, 4.69) is 0 Å². The normalized spacial score (nSPS) is 29.2. The second kappa shape index (κ2) is 6.20. The molecule has 2 saturated heterocycles. The van der Waals surface area contributed by atoms with Crippen molar-refractivity contribution >= 4 is 5.91 Å². The van der Waals surface area contributed by atoms with Crippen LogP contribution in [0.2, 0.25) is 0 Å². The zero-order chi connectivity index (χ0) is 14.7. The van der Waals surface area contributed by atoms with Gasteiger partial charge in [-0.1, -0.05) is 0 Å². The lowest BCUT2D eigenvalue weighted by Crippen LogP contribution is -2.58. The monoisotopic (exact) mass is 293 g/mol. The van der Waals surface area contributed by atoms with Crippen LogP contribution in [-0.2, 0) is 9.47 Å². The number of hydrogen-bond donors (Lipinski definition) is 0. The van der Waals surface area contributed by atoms with Crippen molar-refractivity contribution in [3.05, 3.63) is 24.2 Å². The van der Waals surface area contributed by atoms with Crippen LogP contribution in [0, 0.1) is 5.41 Å². The Labute approximate surface area is 125 Å². The van der Waals surface area contributed by atoms with Crippen LogP contribution < -0.4 is 0 Å². The SMILES string of the molecule is CCOCC12CCCOC1CCN(C(=O)c1ccoc1)C2. The highest BCUT2D eigenvalue weighted by atomic mass is 16.5. The minimum Gasteiger partial charge on any atom is -0.472 e. The number of furan rings is 1. The van der Waals surface area contributed by atoms with Crippen LogP contribution in [0.1, 0.15) is 36.5 Å². The Bertz CT molecular complexity index is 473. The fourth-order valence-electron chi connectivity index (χ4n) is 3.55. The van der Waals surface area contributed by atoms with Crippen molar-refractivity contribution in [3.63, 3.8) is 0 Å². The van der Waals surface area contributed by atoms with Gasteiger partial charge in [-0.15, -0.1) is 0 Å². The first-order chi connectivity index (χ1) is 10.2. The predicted molar refractivity (Wildman–Crippen MR) is 77.1 cm³/mol. The van der Waals surface area contributed by atoms with E-state index in [0.29, 0.717) is 25.3 Å². The zero-order valence-corrected chi connectivity index (χ0v) is 12.5. The number of amides is 1. The molecule has 2 atom stereocenters. The summed E-state index contributed by atoms with van der Waals surface area (Å²) in [5, 5.41) is 0. The van der Waals surface area contributed by atoms with Crippen molar-refractivity contribution in [2.24, 2.45) is 5.41 Å². The standard InChI is InChI=1S/C16H23NO4/c1-2-19-12-16-6-3-8-21-14(16)4-7-17(11-16)15(18)13-5-9-20-10-13/h5,9-10,14H,2-4,6-8,11-12H2,1H3. The van der Waals surface area contributed by atoms with Crippen molar-refractivity contribution < 1.29 is 18.7 Å². The summed E-state index contributed by atoms with van der Waals surface area (Å²) in [5.74, 6) is 0.0450. The predicted octanol–water partition coefficient (Wildman–Crippen LogP) is 2.33. The lowest BCUT2D eigenvalue weighted by atomic mass is 9.73. The topological polar surface area (TPSA) is 51.9 Å². The maximum absolute atomic E-state index is 12.5. The first kappa shape index (κ1) is 14.6. The zero-order valence-electron chi connectivity index (χ0n) is 12.5. The number of hydrogen-bond acceptors (Lipinski definition) is 4. The molecule has 1 aromatic heterocycles. The molecule has 0 aromatic carbocycles. The van der Waals surface area contributed by atoms with Gasteiger partial charge in [-0.2, -0.15) is 0 Å². The van der Waals surface area contributed by atoms with E-state index in [1.165, 1.54) is 6.26 Å². The van der Waals surface area contributed by atoms with E-state index < -0.39 is 0 Å². The molecule has 0 bridgehead atoms. The first-order valence-electron chi connectivity index (χ1n) is 7.76. The van der Waals surface area contributed by atoms with Crippen molar-refractivity contribution in [2.45, 2.75) is 32.3 Å². The van der Waals surface area contributed by atoms with Gasteiger partial charge >= 0.3 is 0 Å². The summed E-state index contributed by atoms with van der Waals surface area (Å²) >= 11 is 0. The van der Waals surface area contributed by atoms with Gasteiger partial charge in [0.25, 0.3) is 5.91 Å². The molecule has 1 amide bonds. The molecule has 0 radical (unpaired) electrons. The molecule has 3 rings (SSSR count). The smallest absolute Gasteiger partial charge is 0.257 e. The summed E-state index contributed by atoms with van der Waals surface area (Å²) < 4.78 is 16.7. The highest BCUT2D eigenvalue weighted by molar-refractivity contribution is 5.93. The van der Waals surface area contributed by atoms with E-state index in [1.54, 1.807) is 12.3 Å². The third kappa shape index (κ3) is 2.85. The van der Waals surface area contributed by atoms with Crippen LogP contribution in [0.15, 0.2) is 23.0 Å². The number of carbonyl (C=O) groups excluding carboxylic acids is 1. The molecular weight excluding hydrogens is 270 g/mol. The number of fused-ring (bicyclic) bond motifs is 1. The summed E-state index contributed by atoms with van der Waals surface area (Å²) in [6, 6.07) is 1.72. The summed E-state index contributed by atoms with van der Waals surface area (Å²) in [7, 11) is 0. The van der Waals surface area contributed by atoms with Crippen molar-refractivity contribution in [2.75, 3.05) is 32.9 Å². The maximum atomic E-state index is 12.5. The van der Waals surface area contributed by atoms with Crippen molar-refractivity contribution in [1.29, 1.82) is 0 Å². The molecule has 3 heterocycles. The van der Waals surface area contributed by atoms with Crippen LogP contribution in [-0.4, -0.2) is 49.8 Å². The summed E-state index contributed by atoms with van der Waals surface area (Å²) in [5.41, 5.74) is 0.572. The van der Waals surface area contributed by atoms with Crippen LogP contribution in [0.4, 0.5) is 0 Å². The van der Waals surface area contributed by atoms with E-state index in [9.17, 15) is 4.79 Å². The largest absolute Gasteiger partial charge is 0.472 e. The molecule has 1 aromatic rings. The third-order valence-corrected chi connectivity index (χ3v) is 4.64. The van der Waals surface area contributed by atoms with Crippen LogP contribution in [0.5, 0.6) is 0 Å². The molecule has 21 heavy (non-hydrogen) atoms. The van der Waals surface area contributed by atoms with Gasteiger partial charge in [0.2, 0.25) is 0 Å². The highest BCUT2D eigenvalue weighted by Crippen LogP contribution is 2.40. The molecule has 5 nitrogen and oxygen atoms in total. The van der Waals surface area contributed by atoms with Gasteiger partial charge in [0.15, 0.2) is 0 Å². The Hall–Kier alpha value is -1.33. The lowest BCUT2D eigenvalue weighted by Gasteiger charge is -2.50. The molecule has 2 unspecified atom stereocenters. The quantitative estimate of drug-likeness (QED) is 0.855. The van der Waals surface area contributed by atoms with Gasteiger partial charge in [-0.3, -0.25) is 4.79 Å². The van der Waals surface area contributed by atoms with Gasteiger partial charge in [-0.05, 0) is 32.3 Å². The summed E-state index contributed by atoms with van der Waals surface area (Å²) in [6.45, 7) is 5.65. The molecular formula is C16H23NO4. The van der Waals surface area contributed by atoms with Crippen LogP contribution in [0.25, 0.3) is 0 Å². The van der Waals surface area contributed by atoms with Crippen molar-refractivity contribution in [3.8, 4) is 0 Å². The van der Waals surface area contributed by atoms with Crippen LogP contribution >= 0.6 is 0 Å². The summed E-state index contributed by atoms with van der Waals surface area (Å²) in [4.78, 5) is 14.5. The van der Waals surface area contributed by atoms with E-state index >= 15 is 0 Å². The van der Waals surface area contributed by atoms with E-state index in [4.69, 9.17) is 13.9 Å². The highest BCUT2D eigenvalue weighted by Gasteiger charge is 2.47. The number of carbonyl (C=O) groups is 1. The second-order valence-electron chi connectivity index (χ2n) is 5.99. The Kier molecular flexibility index (Phi) is 4.31. The Morgan fingerprint density at radius 2 is 2.48 bits per heavy atom. The third-order valence-electron chi connectivity index (χ3n) is 4.64. The number of piperidine rings is 1. The van der Waals surface area contributed by atoms with E-state index in [1.807, 2.05) is 11.8 Å². The second-order valence-corrected chi connectivity index (χ2v) is 5.99. The first-order valence-corrected chi connectivity index (χ1v) is 7.76. The number of rotatable bonds is 4. The summed E-state index contributed by atoms with van der Waals surface area (Å²) in [6.07, 6.45) is 6.26. The molecule has 0 spiro atoms. The Morgan fingerprint density at radius 1 is 1.57 bits per heavy atom. The molecule has 2 fully saturated rings. The molecule has 2 aliphatic rings. The molecule has 116 valence electrons. The maximum Gasteiger partial charge on any atom is 0.257 e. The average molecular weight is 293 g/mol. The average Bonchev–Trinajstić information content (AvgIpc) is 3.06. The minimum atomic E-state index is -0.0497. The molecule has 0 N–H and O–H groups in total. The number of nitrogens with zero attached hydrogens (tertiary/aromatic N) is 1. The van der Waals surface area contributed by atoms with Gasteiger partial charge in [-0.25, -0.2) is 0 Å². The van der Waals surface area contributed by atoms with Crippen LogP contribution in [0.3, 0.4) is 0 Å². The molecule has 0 aliphatic carbocycles. The number of likely N-dealkylation sites (tertiary alicyclic amines) is 1. The van der Waals surface area contributed by atoms with Gasteiger partial charge in [0.05, 0.1) is 24.5 Å². The Balaban J connectivity index is 1.76. The minimum absolute atomic E-state index is 0.0450.